The molecule has 3 heterocycles. The van der Waals surface area contributed by atoms with E-state index in [0.717, 1.165) is 4.90 Å². The average molecular weight is 548 g/mol. The van der Waals surface area contributed by atoms with Crippen molar-refractivity contribution in [3.8, 4) is 22.9 Å². The van der Waals surface area contributed by atoms with Crippen LogP contribution in [0.25, 0.3) is 16.9 Å². The van der Waals surface area contributed by atoms with E-state index in [1.807, 2.05) is 0 Å². The largest absolute Gasteiger partial charge is 0.494 e. The lowest BCUT2D eigenvalue weighted by Gasteiger charge is -2.31. The SMILES string of the molecule is CCN(C(=O)N[C@@H](CCC(F)(F)F)C(F)(F)F)[C@H](C)c1cc(-c2cn3ccnc3c(OC)n2)c(OC)cn1. The van der Waals surface area contributed by atoms with E-state index < -0.39 is 43.3 Å². The van der Waals surface area contributed by atoms with Crippen LogP contribution >= 0.6 is 0 Å². The minimum atomic E-state index is -5.06. The quantitative estimate of drug-likeness (QED) is 0.371. The minimum absolute atomic E-state index is 0.0487. The highest BCUT2D eigenvalue weighted by Crippen LogP contribution is 2.34. The number of imidazole rings is 1. The molecule has 38 heavy (non-hydrogen) atoms. The Labute approximate surface area is 213 Å². The molecule has 15 heteroatoms. The Hall–Kier alpha value is -3.78. The number of hydrogen-bond donors (Lipinski definition) is 1. The fraction of sp³-hybridized carbons (Fsp3) is 0.478. The van der Waals surface area contributed by atoms with Gasteiger partial charge in [-0.15, -0.1) is 0 Å². The zero-order chi connectivity index (χ0) is 28.3. The van der Waals surface area contributed by atoms with E-state index in [1.54, 1.807) is 34.4 Å². The number of rotatable bonds is 9. The van der Waals surface area contributed by atoms with Gasteiger partial charge in [-0.25, -0.2) is 14.8 Å². The number of amides is 2. The first-order valence-corrected chi connectivity index (χ1v) is 11.4. The molecule has 0 aromatic carbocycles. The molecule has 2 atom stereocenters. The molecule has 3 rings (SSSR count). The maximum Gasteiger partial charge on any atom is 0.408 e. The van der Waals surface area contributed by atoms with E-state index in [0.29, 0.717) is 22.7 Å². The lowest BCUT2D eigenvalue weighted by atomic mass is 10.1. The molecule has 0 spiro atoms. The van der Waals surface area contributed by atoms with Crippen molar-refractivity contribution in [2.24, 2.45) is 0 Å². The van der Waals surface area contributed by atoms with Crippen molar-refractivity contribution in [2.75, 3.05) is 20.8 Å². The second kappa shape index (κ2) is 11.3. The van der Waals surface area contributed by atoms with Crippen LogP contribution in [-0.4, -0.2) is 69.4 Å². The Bertz CT molecular complexity index is 1260. The molecule has 2 amide bonds. The van der Waals surface area contributed by atoms with Gasteiger partial charge in [0, 0.05) is 37.1 Å². The molecule has 0 aliphatic carbocycles. The summed E-state index contributed by atoms with van der Waals surface area (Å²) in [4.78, 5) is 26.7. The normalized spacial score (nSPS) is 13.7. The number of urea groups is 1. The number of methoxy groups -OCH3 is 2. The fourth-order valence-electron chi connectivity index (χ4n) is 3.83. The Balaban J connectivity index is 1.92. The predicted molar refractivity (Wildman–Crippen MR) is 124 cm³/mol. The molecule has 3 aromatic heterocycles. The Kier molecular flexibility index (Phi) is 8.57. The van der Waals surface area contributed by atoms with Crippen LogP contribution in [0.15, 0.2) is 30.9 Å². The van der Waals surface area contributed by atoms with Gasteiger partial charge in [0.05, 0.1) is 37.8 Å². The van der Waals surface area contributed by atoms with Crippen molar-refractivity contribution in [3.63, 3.8) is 0 Å². The van der Waals surface area contributed by atoms with E-state index >= 15 is 0 Å². The predicted octanol–water partition coefficient (Wildman–Crippen LogP) is 5.17. The third kappa shape index (κ3) is 6.55. The first-order valence-electron chi connectivity index (χ1n) is 11.4. The summed E-state index contributed by atoms with van der Waals surface area (Å²) in [7, 11) is 2.85. The van der Waals surface area contributed by atoms with Crippen LogP contribution < -0.4 is 14.8 Å². The molecule has 0 radical (unpaired) electrons. The summed E-state index contributed by atoms with van der Waals surface area (Å²) >= 11 is 0. The van der Waals surface area contributed by atoms with Gasteiger partial charge in [-0.05, 0) is 26.3 Å². The number of nitrogens with one attached hydrogen (secondary N) is 1. The smallest absolute Gasteiger partial charge is 0.408 e. The van der Waals surface area contributed by atoms with Gasteiger partial charge in [-0.2, -0.15) is 26.3 Å². The number of fused-ring (bicyclic) bond motifs is 1. The van der Waals surface area contributed by atoms with Crippen molar-refractivity contribution >= 4 is 11.7 Å². The zero-order valence-electron chi connectivity index (χ0n) is 20.9. The maximum absolute atomic E-state index is 13.4. The molecule has 0 aliphatic rings. The number of carbonyl (C=O) groups is 1. The number of alkyl halides is 6. The number of carbonyl (C=O) groups excluding carboxylic acids is 1. The van der Waals surface area contributed by atoms with E-state index in [2.05, 4.69) is 15.0 Å². The van der Waals surface area contributed by atoms with E-state index in [9.17, 15) is 31.1 Å². The number of halogens is 6. The molecule has 0 unspecified atom stereocenters. The van der Waals surface area contributed by atoms with Crippen LogP contribution in [0.2, 0.25) is 0 Å². The van der Waals surface area contributed by atoms with Crippen molar-refractivity contribution in [1.82, 2.24) is 29.6 Å². The van der Waals surface area contributed by atoms with Gasteiger partial charge < -0.3 is 24.1 Å². The van der Waals surface area contributed by atoms with Gasteiger partial charge >= 0.3 is 18.4 Å². The molecule has 3 aromatic rings. The lowest BCUT2D eigenvalue weighted by Crippen LogP contribution is -2.51. The first-order chi connectivity index (χ1) is 17.8. The lowest BCUT2D eigenvalue weighted by molar-refractivity contribution is -0.171. The monoisotopic (exact) mass is 548 g/mol. The second-order valence-corrected chi connectivity index (χ2v) is 8.26. The number of ether oxygens (including phenoxy) is 2. The van der Waals surface area contributed by atoms with Crippen LogP contribution in [0, 0.1) is 0 Å². The Morgan fingerprint density at radius 2 is 1.87 bits per heavy atom. The number of hydrogen-bond acceptors (Lipinski definition) is 6. The third-order valence-corrected chi connectivity index (χ3v) is 5.83. The number of aromatic nitrogens is 4. The van der Waals surface area contributed by atoms with Gasteiger partial charge in [0.25, 0.3) is 5.88 Å². The molecular weight excluding hydrogens is 522 g/mol. The molecule has 0 saturated heterocycles. The van der Waals surface area contributed by atoms with E-state index in [1.165, 1.54) is 34.3 Å². The van der Waals surface area contributed by atoms with E-state index in [-0.39, 0.29) is 18.1 Å². The number of nitrogens with zero attached hydrogens (tertiary/aromatic N) is 5. The highest BCUT2D eigenvalue weighted by molar-refractivity contribution is 5.75. The zero-order valence-corrected chi connectivity index (χ0v) is 20.9. The molecule has 208 valence electrons. The van der Waals surface area contributed by atoms with Gasteiger partial charge in [0.1, 0.15) is 11.8 Å². The molecule has 9 nitrogen and oxygen atoms in total. The minimum Gasteiger partial charge on any atom is -0.494 e. The van der Waals surface area contributed by atoms with Gasteiger partial charge in [-0.3, -0.25) is 4.98 Å². The molecule has 0 saturated carbocycles. The first kappa shape index (κ1) is 28.8. The standard InChI is InChI=1S/C23H26F6N6O3/c1-5-35(21(36)33-18(23(27,28)29)6-7-22(24,25)26)13(2)15-10-14(17(37-3)11-31-15)16-12-34-9-8-30-19(34)20(32-16)38-4/h8-13,18H,5-7H2,1-4H3,(H,33,36)/t13-,18+/m1/s1. The highest BCUT2D eigenvalue weighted by Gasteiger charge is 2.43. The highest BCUT2D eigenvalue weighted by atomic mass is 19.4. The molecule has 1 N–H and O–H groups in total. The van der Waals surface area contributed by atoms with Gasteiger partial charge in [0.15, 0.2) is 5.65 Å². The van der Waals surface area contributed by atoms with Crippen LogP contribution in [-0.2, 0) is 0 Å². The van der Waals surface area contributed by atoms with Gasteiger partial charge in [0.2, 0.25) is 0 Å². The Morgan fingerprint density at radius 1 is 1.16 bits per heavy atom. The topological polar surface area (TPSA) is 93.9 Å². The fourth-order valence-corrected chi connectivity index (χ4v) is 3.83. The average Bonchev–Trinajstić information content (AvgIpc) is 3.33. The maximum atomic E-state index is 13.4. The molecule has 0 fully saturated rings. The van der Waals surface area contributed by atoms with Crippen LogP contribution in [0.4, 0.5) is 31.1 Å². The van der Waals surface area contributed by atoms with Crippen molar-refractivity contribution in [2.45, 2.75) is 51.1 Å². The Morgan fingerprint density at radius 3 is 2.45 bits per heavy atom. The van der Waals surface area contributed by atoms with Crippen LogP contribution in [0.1, 0.15) is 38.4 Å². The van der Waals surface area contributed by atoms with Crippen molar-refractivity contribution in [1.29, 1.82) is 0 Å². The second-order valence-electron chi connectivity index (χ2n) is 8.26. The molecule has 0 aliphatic heterocycles. The third-order valence-electron chi connectivity index (χ3n) is 5.83. The summed E-state index contributed by atoms with van der Waals surface area (Å²) in [5.74, 6) is 0.555. The summed E-state index contributed by atoms with van der Waals surface area (Å²) in [5, 5.41) is 1.70. The summed E-state index contributed by atoms with van der Waals surface area (Å²) < 4.78 is 90.1. The molecular formula is C23H26F6N6O3. The number of pyridine rings is 1. The summed E-state index contributed by atoms with van der Waals surface area (Å²) in [6.07, 6.45) is -6.62. The summed E-state index contributed by atoms with van der Waals surface area (Å²) in [6, 6.07) is -3.14. The molecule has 0 bridgehead atoms. The van der Waals surface area contributed by atoms with E-state index in [4.69, 9.17) is 9.47 Å². The van der Waals surface area contributed by atoms with Crippen LogP contribution in [0.3, 0.4) is 0 Å². The van der Waals surface area contributed by atoms with Crippen LogP contribution in [0.5, 0.6) is 11.6 Å². The summed E-state index contributed by atoms with van der Waals surface area (Å²) in [6.45, 7) is 3.01. The van der Waals surface area contributed by atoms with Gasteiger partial charge in [-0.1, -0.05) is 0 Å². The summed E-state index contributed by atoms with van der Waals surface area (Å²) in [5.41, 5.74) is 1.60. The van der Waals surface area contributed by atoms with Crippen molar-refractivity contribution in [3.05, 3.63) is 36.5 Å². The van der Waals surface area contributed by atoms with Crippen molar-refractivity contribution < 1.29 is 40.6 Å².